The second kappa shape index (κ2) is 3.69. The molecule has 0 radical (unpaired) electrons. The quantitative estimate of drug-likeness (QED) is 0.766. The second-order valence-corrected chi connectivity index (χ2v) is 7.61. The van der Waals surface area contributed by atoms with Gasteiger partial charge in [0.2, 0.25) is 10.0 Å². The Labute approximate surface area is 112 Å². The number of benzene rings is 1. The monoisotopic (exact) mass is 277 g/mol. The molecule has 2 fully saturated rings. The highest BCUT2D eigenvalue weighted by molar-refractivity contribution is 7.90. The number of rotatable bonds is 2. The molecule has 2 bridgehead atoms. The zero-order valence-corrected chi connectivity index (χ0v) is 11.2. The van der Waals surface area contributed by atoms with E-state index in [0.29, 0.717) is 19.5 Å². The summed E-state index contributed by atoms with van der Waals surface area (Å²) < 4.78 is 32.6. The lowest BCUT2D eigenvalue weighted by Crippen LogP contribution is -2.36. The van der Waals surface area contributed by atoms with Crippen LogP contribution in [0.1, 0.15) is 12.0 Å². The van der Waals surface area contributed by atoms with Gasteiger partial charge in [-0.1, -0.05) is 42.5 Å². The molecular weight excluding hydrogens is 262 g/mol. The molecule has 4 rings (SSSR count). The van der Waals surface area contributed by atoms with Crippen molar-refractivity contribution in [3.8, 4) is 0 Å². The number of hydrogen-bond donors (Lipinski definition) is 0. The summed E-state index contributed by atoms with van der Waals surface area (Å²) in [4.78, 5) is 0. The second-order valence-electron chi connectivity index (χ2n) is 5.49. The van der Waals surface area contributed by atoms with Gasteiger partial charge in [0.05, 0.1) is 6.10 Å². The van der Waals surface area contributed by atoms with Crippen LogP contribution in [0.5, 0.6) is 0 Å². The topological polar surface area (TPSA) is 46.6 Å². The first-order chi connectivity index (χ1) is 9.10. The smallest absolute Gasteiger partial charge is 0.220 e. The maximum absolute atomic E-state index is 12.6. The third-order valence-electron chi connectivity index (χ3n) is 4.30. The van der Waals surface area contributed by atoms with Gasteiger partial charge in [-0.25, -0.2) is 8.42 Å². The van der Waals surface area contributed by atoms with E-state index in [1.165, 1.54) is 0 Å². The van der Waals surface area contributed by atoms with Crippen molar-refractivity contribution >= 4 is 10.0 Å². The third kappa shape index (κ3) is 1.55. The first-order valence-corrected chi connectivity index (χ1v) is 8.01. The van der Waals surface area contributed by atoms with Crippen molar-refractivity contribution < 1.29 is 13.2 Å². The van der Waals surface area contributed by atoms with Crippen LogP contribution in [0.4, 0.5) is 0 Å². The van der Waals surface area contributed by atoms with E-state index in [9.17, 15) is 8.42 Å². The van der Waals surface area contributed by atoms with Crippen LogP contribution < -0.4 is 0 Å². The van der Waals surface area contributed by atoms with Gasteiger partial charge in [0, 0.05) is 13.1 Å². The highest BCUT2D eigenvalue weighted by Crippen LogP contribution is 2.48. The van der Waals surface area contributed by atoms with Crippen molar-refractivity contribution in [1.29, 1.82) is 0 Å². The van der Waals surface area contributed by atoms with Crippen molar-refractivity contribution in [2.24, 2.45) is 0 Å². The van der Waals surface area contributed by atoms with Gasteiger partial charge < -0.3 is 4.74 Å². The lowest BCUT2D eigenvalue weighted by Gasteiger charge is -2.19. The Morgan fingerprint density at radius 1 is 1.32 bits per heavy atom. The van der Waals surface area contributed by atoms with Crippen LogP contribution in [-0.4, -0.2) is 36.2 Å². The van der Waals surface area contributed by atoms with Crippen LogP contribution in [0.2, 0.25) is 0 Å². The van der Waals surface area contributed by atoms with Gasteiger partial charge in [-0.3, -0.25) is 0 Å². The molecule has 3 aliphatic heterocycles. The minimum atomic E-state index is -3.25. The molecule has 19 heavy (non-hydrogen) atoms. The average molecular weight is 277 g/mol. The van der Waals surface area contributed by atoms with Crippen LogP contribution in [0.3, 0.4) is 0 Å². The molecular formula is C14H15NO3S. The fourth-order valence-electron chi connectivity index (χ4n) is 3.39. The van der Waals surface area contributed by atoms with Crippen molar-refractivity contribution in [3.05, 3.63) is 48.0 Å². The van der Waals surface area contributed by atoms with Crippen molar-refractivity contribution in [3.63, 3.8) is 0 Å². The molecule has 0 aliphatic carbocycles. The van der Waals surface area contributed by atoms with Gasteiger partial charge in [-0.15, -0.1) is 0 Å². The Hall–Kier alpha value is -1.17. The lowest BCUT2D eigenvalue weighted by atomic mass is 9.94. The first-order valence-electron chi connectivity index (χ1n) is 6.50. The summed E-state index contributed by atoms with van der Waals surface area (Å²) in [7, 11) is -3.25. The SMILES string of the molecule is O=S1(=O)[C@H]2C[C@@H]3C=C[C@@]2(CN1Cc1ccccc1)O3. The Morgan fingerprint density at radius 3 is 2.79 bits per heavy atom. The van der Waals surface area contributed by atoms with Gasteiger partial charge in [0.15, 0.2) is 0 Å². The van der Waals surface area contributed by atoms with E-state index in [2.05, 4.69) is 0 Å². The normalized spacial score (nSPS) is 38.7. The summed E-state index contributed by atoms with van der Waals surface area (Å²) in [6.45, 7) is 0.880. The molecule has 1 aromatic carbocycles. The first kappa shape index (κ1) is 11.6. The van der Waals surface area contributed by atoms with Gasteiger partial charge in [0.1, 0.15) is 10.9 Å². The molecule has 3 aliphatic rings. The zero-order valence-electron chi connectivity index (χ0n) is 10.4. The van der Waals surface area contributed by atoms with Crippen molar-refractivity contribution in [2.45, 2.75) is 29.9 Å². The Balaban J connectivity index is 1.67. The molecule has 0 saturated carbocycles. The Bertz CT molecular complexity index is 640. The van der Waals surface area contributed by atoms with Crippen molar-refractivity contribution in [2.75, 3.05) is 6.54 Å². The van der Waals surface area contributed by atoms with E-state index in [1.807, 2.05) is 42.5 Å². The van der Waals surface area contributed by atoms with Gasteiger partial charge >= 0.3 is 0 Å². The van der Waals surface area contributed by atoms with E-state index < -0.39 is 20.9 Å². The average Bonchev–Trinajstić information content (AvgIpc) is 3.01. The molecule has 3 atom stereocenters. The molecule has 5 heteroatoms. The van der Waals surface area contributed by atoms with Gasteiger partial charge in [0.25, 0.3) is 0 Å². The summed E-state index contributed by atoms with van der Waals surface area (Å²) in [5.74, 6) is 0. The predicted molar refractivity (Wildman–Crippen MR) is 70.9 cm³/mol. The van der Waals surface area contributed by atoms with Crippen LogP contribution >= 0.6 is 0 Å². The Kier molecular flexibility index (Phi) is 2.26. The fourth-order valence-corrected chi connectivity index (χ4v) is 5.61. The number of fused-ring (bicyclic) bond motifs is 1. The third-order valence-corrected chi connectivity index (χ3v) is 6.59. The van der Waals surface area contributed by atoms with Crippen LogP contribution in [0.15, 0.2) is 42.5 Å². The largest absolute Gasteiger partial charge is 0.361 e. The molecule has 0 N–H and O–H groups in total. The van der Waals surface area contributed by atoms with Gasteiger partial charge in [-0.05, 0) is 12.0 Å². The highest BCUT2D eigenvalue weighted by Gasteiger charge is 2.63. The zero-order chi connectivity index (χ0) is 13.1. The van der Waals surface area contributed by atoms with E-state index in [-0.39, 0.29) is 6.10 Å². The van der Waals surface area contributed by atoms with Crippen LogP contribution in [0, 0.1) is 0 Å². The van der Waals surface area contributed by atoms with Crippen molar-refractivity contribution in [1.82, 2.24) is 4.31 Å². The highest BCUT2D eigenvalue weighted by atomic mass is 32.2. The molecule has 1 spiro atoms. The number of nitrogens with zero attached hydrogens (tertiary/aromatic N) is 1. The summed E-state index contributed by atoms with van der Waals surface area (Å²) in [6.07, 6.45) is 4.55. The Morgan fingerprint density at radius 2 is 2.11 bits per heavy atom. The molecule has 0 unspecified atom stereocenters. The van der Waals surface area contributed by atoms with E-state index in [4.69, 9.17) is 4.74 Å². The molecule has 0 aromatic heterocycles. The maximum Gasteiger partial charge on any atom is 0.220 e. The van der Waals surface area contributed by atoms with Crippen LogP contribution in [0.25, 0.3) is 0 Å². The van der Waals surface area contributed by atoms with E-state index in [0.717, 1.165) is 5.56 Å². The predicted octanol–water partition coefficient (Wildman–Crippen LogP) is 1.30. The molecule has 1 aromatic rings. The van der Waals surface area contributed by atoms with Gasteiger partial charge in [-0.2, -0.15) is 4.31 Å². The summed E-state index contributed by atoms with van der Waals surface area (Å²) in [5.41, 5.74) is 0.430. The number of ether oxygens (including phenoxy) is 1. The molecule has 100 valence electrons. The summed E-state index contributed by atoms with van der Waals surface area (Å²) in [5, 5.41) is -0.390. The van der Waals surface area contributed by atoms with E-state index >= 15 is 0 Å². The maximum atomic E-state index is 12.6. The minimum absolute atomic E-state index is 0.00125. The fraction of sp³-hybridized carbons (Fsp3) is 0.429. The summed E-state index contributed by atoms with van der Waals surface area (Å²) >= 11 is 0. The standard InChI is InChI=1S/C14H15NO3S/c16-19(17)13-8-12-6-7-14(13,18-12)10-15(19)9-11-4-2-1-3-5-11/h1-7,12-13H,8-10H2/t12-,13-,14-/m0/s1. The number of hydrogen-bond acceptors (Lipinski definition) is 3. The van der Waals surface area contributed by atoms with E-state index in [1.54, 1.807) is 4.31 Å². The minimum Gasteiger partial charge on any atom is -0.361 e. The molecule has 0 amide bonds. The summed E-state index contributed by atoms with van der Waals surface area (Å²) in [6, 6.07) is 9.70. The lowest BCUT2D eigenvalue weighted by molar-refractivity contribution is 0.0298. The molecule has 4 nitrogen and oxygen atoms in total. The van der Waals surface area contributed by atoms with Crippen LogP contribution in [-0.2, 0) is 21.3 Å². The molecule has 2 saturated heterocycles. The number of sulfonamides is 1. The molecule has 3 heterocycles.